The number of nitrogens with one attached hydrogen (secondary N) is 1. The van der Waals surface area contributed by atoms with Gasteiger partial charge in [-0.05, 0) is 37.6 Å². The van der Waals surface area contributed by atoms with E-state index in [4.69, 9.17) is 4.74 Å². The first kappa shape index (κ1) is 14.4. The Bertz CT molecular complexity index is 735. The maximum atomic E-state index is 12.3. The molecule has 6 nitrogen and oxygen atoms in total. The van der Waals surface area contributed by atoms with Crippen molar-refractivity contribution in [2.45, 2.75) is 18.7 Å². The van der Waals surface area contributed by atoms with Gasteiger partial charge in [0.15, 0.2) is 0 Å². The van der Waals surface area contributed by atoms with Crippen molar-refractivity contribution in [3.8, 4) is 5.75 Å². The van der Waals surface area contributed by atoms with Gasteiger partial charge in [0.2, 0.25) is 0 Å². The van der Waals surface area contributed by atoms with Crippen molar-refractivity contribution >= 4 is 15.7 Å². The van der Waals surface area contributed by atoms with Crippen LogP contribution in [0.2, 0.25) is 0 Å². The number of hydrogen-bond donors (Lipinski definition) is 1. The summed E-state index contributed by atoms with van der Waals surface area (Å²) in [4.78, 5) is 0.176. The summed E-state index contributed by atoms with van der Waals surface area (Å²) in [6, 6.07) is 5.16. The van der Waals surface area contributed by atoms with Gasteiger partial charge in [-0.15, -0.1) is 0 Å². The lowest BCUT2D eigenvalue weighted by Crippen LogP contribution is -2.14. The van der Waals surface area contributed by atoms with Crippen molar-refractivity contribution in [1.29, 1.82) is 0 Å². The average Bonchev–Trinajstić information content (AvgIpc) is 2.73. The molecule has 0 radical (unpaired) electrons. The molecule has 0 aliphatic heterocycles. The number of anilines is 1. The fourth-order valence-electron chi connectivity index (χ4n) is 1.82. The van der Waals surface area contributed by atoms with E-state index in [2.05, 4.69) is 9.82 Å². The van der Waals surface area contributed by atoms with Crippen molar-refractivity contribution in [2.24, 2.45) is 7.05 Å². The van der Waals surface area contributed by atoms with E-state index in [-0.39, 0.29) is 4.90 Å². The monoisotopic (exact) mass is 295 g/mol. The summed E-state index contributed by atoms with van der Waals surface area (Å²) in [7, 11) is -0.371. The summed E-state index contributed by atoms with van der Waals surface area (Å²) < 4.78 is 33.9. The van der Waals surface area contributed by atoms with Crippen LogP contribution in [0.1, 0.15) is 11.3 Å². The molecule has 0 aliphatic carbocycles. The van der Waals surface area contributed by atoms with Gasteiger partial charge in [-0.2, -0.15) is 5.10 Å². The average molecular weight is 295 g/mol. The molecule has 108 valence electrons. The van der Waals surface area contributed by atoms with Crippen LogP contribution in [0.5, 0.6) is 5.75 Å². The zero-order valence-corrected chi connectivity index (χ0v) is 12.7. The molecule has 1 heterocycles. The van der Waals surface area contributed by atoms with Crippen LogP contribution in [0.3, 0.4) is 0 Å². The first-order chi connectivity index (χ1) is 9.35. The third kappa shape index (κ3) is 2.62. The summed E-state index contributed by atoms with van der Waals surface area (Å²) in [5.74, 6) is 0.683. The topological polar surface area (TPSA) is 73.2 Å². The molecule has 0 aliphatic rings. The molecule has 1 aromatic carbocycles. The predicted molar refractivity (Wildman–Crippen MR) is 76.5 cm³/mol. The van der Waals surface area contributed by atoms with Crippen molar-refractivity contribution in [3.63, 3.8) is 0 Å². The lowest BCUT2D eigenvalue weighted by Gasteiger charge is -2.11. The number of aryl methyl sites for hydroxylation is 2. The summed E-state index contributed by atoms with van der Waals surface area (Å²) in [5.41, 5.74) is 1.90. The van der Waals surface area contributed by atoms with Gasteiger partial charge < -0.3 is 4.74 Å². The second kappa shape index (κ2) is 5.16. The molecule has 0 bridgehead atoms. The van der Waals surface area contributed by atoms with Gasteiger partial charge in [-0.3, -0.25) is 9.40 Å². The van der Waals surface area contributed by atoms with Crippen molar-refractivity contribution < 1.29 is 13.2 Å². The number of methoxy groups -OCH3 is 1. The Balaban J connectivity index is 2.36. The molecular formula is C13H17N3O3S. The Kier molecular flexibility index (Phi) is 3.71. The minimum Gasteiger partial charge on any atom is -0.497 e. The molecule has 0 atom stereocenters. The summed E-state index contributed by atoms with van der Waals surface area (Å²) in [6.45, 7) is 3.53. The van der Waals surface area contributed by atoms with Crippen LogP contribution in [0.25, 0.3) is 0 Å². The van der Waals surface area contributed by atoms with E-state index < -0.39 is 10.0 Å². The van der Waals surface area contributed by atoms with Crippen LogP contribution < -0.4 is 9.46 Å². The van der Waals surface area contributed by atoms with E-state index in [1.54, 1.807) is 39.3 Å². The van der Waals surface area contributed by atoms with E-state index in [1.807, 2.05) is 6.92 Å². The lowest BCUT2D eigenvalue weighted by atomic mass is 10.2. The lowest BCUT2D eigenvalue weighted by molar-refractivity contribution is 0.414. The summed E-state index contributed by atoms with van der Waals surface area (Å²) in [5, 5.41) is 3.95. The third-order valence-electron chi connectivity index (χ3n) is 3.16. The summed E-state index contributed by atoms with van der Waals surface area (Å²) in [6.07, 6.45) is 1.34. The normalized spacial score (nSPS) is 11.4. The van der Waals surface area contributed by atoms with Crippen LogP contribution in [0.15, 0.2) is 29.3 Å². The predicted octanol–water partition coefficient (Wildman–Crippen LogP) is 1.85. The van der Waals surface area contributed by atoms with Crippen LogP contribution in [-0.2, 0) is 17.1 Å². The molecule has 7 heteroatoms. The van der Waals surface area contributed by atoms with E-state index in [1.165, 1.54) is 10.9 Å². The SMILES string of the molecule is COc1ccc(NS(=O)(=O)c2cnn(C)c2C)c(C)c1. The Labute approximate surface area is 118 Å². The molecule has 0 amide bonds. The van der Waals surface area contributed by atoms with Crippen molar-refractivity contribution in [3.05, 3.63) is 35.7 Å². The largest absolute Gasteiger partial charge is 0.497 e. The molecule has 20 heavy (non-hydrogen) atoms. The first-order valence-corrected chi connectivity index (χ1v) is 7.49. The highest BCUT2D eigenvalue weighted by Gasteiger charge is 2.20. The maximum absolute atomic E-state index is 12.3. The van der Waals surface area contributed by atoms with Crippen molar-refractivity contribution in [2.75, 3.05) is 11.8 Å². The van der Waals surface area contributed by atoms with Gasteiger partial charge in [-0.1, -0.05) is 0 Å². The van der Waals surface area contributed by atoms with Gasteiger partial charge in [0, 0.05) is 7.05 Å². The number of rotatable bonds is 4. The number of ether oxygens (including phenoxy) is 1. The molecule has 1 N–H and O–H groups in total. The fraction of sp³-hybridized carbons (Fsp3) is 0.308. The van der Waals surface area contributed by atoms with Gasteiger partial charge in [0.05, 0.1) is 24.7 Å². The highest BCUT2D eigenvalue weighted by atomic mass is 32.2. The number of sulfonamides is 1. The molecule has 0 saturated carbocycles. The standard InChI is InChI=1S/C13H17N3O3S/c1-9-7-11(19-4)5-6-12(9)15-20(17,18)13-8-14-16(3)10(13)2/h5-8,15H,1-4H3. The van der Waals surface area contributed by atoms with Gasteiger partial charge in [0.25, 0.3) is 10.0 Å². The molecule has 2 rings (SSSR count). The molecule has 1 aromatic heterocycles. The van der Waals surface area contributed by atoms with E-state index in [9.17, 15) is 8.42 Å². The Morgan fingerprint density at radius 2 is 2.00 bits per heavy atom. The van der Waals surface area contributed by atoms with E-state index in [0.717, 1.165) is 5.56 Å². The van der Waals surface area contributed by atoms with Crippen LogP contribution in [0.4, 0.5) is 5.69 Å². The molecule has 0 unspecified atom stereocenters. The number of hydrogen-bond acceptors (Lipinski definition) is 4. The number of aromatic nitrogens is 2. The number of nitrogens with zero attached hydrogens (tertiary/aromatic N) is 2. The Morgan fingerprint density at radius 3 is 2.50 bits per heavy atom. The first-order valence-electron chi connectivity index (χ1n) is 6.01. The summed E-state index contributed by atoms with van der Waals surface area (Å²) >= 11 is 0. The van der Waals surface area contributed by atoms with Gasteiger partial charge >= 0.3 is 0 Å². The van der Waals surface area contributed by atoms with Crippen LogP contribution in [0, 0.1) is 13.8 Å². The second-order valence-corrected chi connectivity index (χ2v) is 6.16. The van der Waals surface area contributed by atoms with E-state index in [0.29, 0.717) is 17.1 Å². The Hall–Kier alpha value is -2.02. The molecule has 2 aromatic rings. The van der Waals surface area contributed by atoms with Crippen LogP contribution >= 0.6 is 0 Å². The molecule has 0 spiro atoms. The maximum Gasteiger partial charge on any atom is 0.265 e. The van der Waals surface area contributed by atoms with Gasteiger partial charge in [-0.25, -0.2) is 8.42 Å². The van der Waals surface area contributed by atoms with E-state index >= 15 is 0 Å². The fourth-order valence-corrected chi connectivity index (χ4v) is 3.16. The minimum atomic E-state index is -3.64. The molecule has 0 saturated heterocycles. The third-order valence-corrected chi connectivity index (χ3v) is 4.63. The minimum absolute atomic E-state index is 0.176. The Morgan fingerprint density at radius 1 is 1.30 bits per heavy atom. The second-order valence-electron chi connectivity index (χ2n) is 4.50. The van der Waals surface area contributed by atoms with Gasteiger partial charge in [0.1, 0.15) is 10.6 Å². The van der Waals surface area contributed by atoms with Crippen LogP contribution in [-0.4, -0.2) is 25.3 Å². The zero-order chi connectivity index (χ0) is 14.9. The smallest absolute Gasteiger partial charge is 0.265 e. The zero-order valence-electron chi connectivity index (χ0n) is 11.8. The molecular weight excluding hydrogens is 278 g/mol. The highest BCUT2D eigenvalue weighted by molar-refractivity contribution is 7.92. The quantitative estimate of drug-likeness (QED) is 0.934. The highest BCUT2D eigenvalue weighted by Crippen LogP contribution is 2.24. The number of benzene rings is 1. The van der Waals surface area contributed by atoms with Crippen molar-refractivity contribution in [1.82, 2.24) is 9.78 Å². The molecule has 0 fully saturated rings.